The van der Waals surface area contributed by atoms with E-state index in [1.807, 2.05) is 30.3 Å². The third kappa shape index (κ3) is 10.4. The minimum absolute atomic E-state index is 0.00363. The van der Waals surface area contributed by atoms with Crippen LogP contribution in [0.15, 0.2) is 66.7 Å². The third-order valence-electron chi connectivity index (χ3n) is 6.88. The number of aliphatic hydroxyl groups excluding tert-OH is 2. The van der Waals surface area contributed by atoms with Crippen LogP contribution in [0.4, 0.5) is 0 Å². The quantitative estimate of drug-likeness (QED) is 0.0981. The highest BCUT2D eigenvalue weighted by Gasteiger charge is 2.18. The molecule has 2 unspecified atom stereocenters. The zero-order valence-electron chi connectivity index (χ0n) is 26.3. The van der Waals surface area contributed by atoms with Crippen molar-refractivity contribution in [3.63, 3.8) is 0 Å². The van der Waals surface area contributed by atoms with E-state index in [1.165, 1.54) is 12.1 Å². The Kier molecular flexibility index (Phi) is 13.5. The Balaban J connectivity index is 1.53. The fraction of sp³-hybridized carbons (Fsp3) is 0.400. The Morgan fingerprint density at radius 3 is 1.48 bits per heavy atom. The molecule has 0 aliphatic rings. The molecular weight excluding hydrogens is 590 g/mol. The lowest BCUT2D eigenvalue weighted by Gasteiger charge is -2.15. The molecule has 46 heavy (non-hydrogen) atoms. The molecule has 1 heterocycles. The van der Waals surface area contributed by atoms with Crippen molar-refractivity contribution in [2.24, 2.45) is 0 Å². The smallest absolute Gasteiger partial charge is 0.167 e. The maximum atomic E-state index is 10.9. The Morgan fingerprint density at radius 1 is 0.587 bits per heavy atom. The van der Waals surface area contributed by atoms with Crippen LogP contribution in [0, 0.1) is 0 Å². The number of nitrogens with zero attached hydrogens (tertiary/aromatic N) is 3. The fourth-order valence-electron chi connectivity index (χ4n) is 4.33. The molecule has 4 aromatic rings. The van der Waals surface area contributed by atoms with Crippen LogP contribution in [-0.2, 0) is 9.47 Å². The molecule has 0 amide bonds. The molecule has 0 spiro atoms. The lowest BCUT2D eigenvalue weighted by Crippen LogP contribution is -2.23. The van der Waals surface area contributed by atoms with E-state index >= 15 is 0 Å². The highest BCUT2D eigenvalue weighted by atomic mass is 16.5. The van der Waals surface area contributed by atoms with Crippen molar-refractivity contribution in [1.29, 1.82) is 0 Å². The summed E-state index contributed by atoms with van der Waals surface area (Å²) in [6, 6.07) is 18.7. The predicted molar refractivity (Wildman–Crippen MR) is 174 cm³/mol. The maximum Gasteiger partial charge on any atom is 0.167 e. The molecule has 2 atom stereocenters. The van der Waals surface area contributed by atoms with Crippen LogP contribution in [0.3, 0.4) is 0 Å². The lowest BCUT2D eigenvalue weighted by atomic mass is 10.1. The molecule has 0 saturated heterocycles. The minimum Gasteiger partial charge on any atom is -0.507 e. The maximum absolute atomic E-state index is 10.9. The summed E-state index contributed by atoms with van der Waals surface area (Å²) in [5, 5.41) is 42.2. The Bertz CT molecular complexity index is 1420. The highest BCUT2D eigenvalue weighted by Crippen LogP contribution is 2.35. The largest absolute Gasteiger partial charge is 0.507 e. The molecule has 246 valence electrons. The van der Waals surface area contributed by atoms with Crippen LogP contribution < -0.4 is 9.47 Å². The number of rotatable bonds is 19. The van der Waals surface area contributed by atoms with Crippen molar-refractivity contribution < 1.29 is 39.4 Å². The molecule has 0 radical (unpaired) electrons. The molecule has 11 nitrogen and oxygen atoms in total. The van der Waals surface area contributed by atoms with E-state index in [1.54, 1.807) is 24.3 Å². The van der Waals surface area contributed by atoms with Crippen LogP contribution >= 0.6 is 0 Å². The van der Waals surface area contributed by atoms with Crippen LogP contribution in [-0.4, -0.2) is 87.2 Å². The molecule has 1 aromatic heterocycles. The summed E-state index contributed by atoms with van der Waals surface area (Å²) in [7, 11) is 0. The molecule has 0 bridgehead atoms. The summed E-state index contributed by atoms with van der Waals surface area (Å²) >= 11 is 0. The van der Waals surface area contributed by atoms with Gasteiger partial charge in [0.1, 0.15) is 48.4 Å². The topological polar surface area (TPSA) is 157 Å². The van der Waals surface area contributed by atoms with Gasteiger partial charge in [-0.3, -0.25) is 0 Å². The highest BCUT2D eigenvalue weighted by molar-refractivity contribution is 5.72. The number of aliphatic hydroxyl groups is 2. The second-order valence-electron chi connectivity index (χ2n) is 10.8. The van der Waals surface area contributed by atoms with Gasteiger partial charge in [0.25, 0.3) is 0 Å². The second-order valence-corrected chi connectivity index (χ2v) is 10.8. The van der Waals surface area contributed by atoms with Gasteiger partial charge >= 0.3 is 0 Å². The van der Waals surface area contributed by atoms with E-state index in [0.29, 0.717) is 41.7 Å². The van der Waals surface area contributed by atoms with Crippen LogP contribution in [0.1, 0.15) is 39.5 Å². The first-order valence-corrected chi connectivity index (χ1v) is 15.6. The first-order valence-electron chi connectivity index (χ1n) is 15.6. The number of ether oxygens (including phenoxy) is 4. The molecule has 0 aliphatic heterocycles. The number of hydrogen-bond donors (Lipinski definition) is 4. The molecule has 11 heteroatoms. The summed E-state index contributed by atoms with van der Waals surface area (Å²) in [5.41, 5.74) is 1.37. The van der Waals surface area contributed by atoms with Gasteiger partial charge in [0.05, 0.1) is 24.3 Å². The lowest BCUT2D eigenvalue weighted by molar-refractivity contribution is 0.0113. The van der Waals surface area contributed by atoms with Gasteiger partial charge in [-0.05, 0) is 37.1 Å². The fourth-order valence-corrected chi connectivity index (χ4v) is 4.33. The summed E-state index contributed by atoms with van der Waals surface area (Å²) < 4.78 is 22.2. The van der Waals surface area contributed by atoms with E-state index in [0.717, 1.165) is 31.2 Å². The van der Waals surface area contributed by atoms with Gasteiger partial charge < -0.3 is 39.4 Å². The number of benzene rings is 3. The molecule has 0 saturated carbocycles. The molecule has 0 aliphatic carbocycles. The number of hydrogen-bond acceptors (Lipinski definition) is 11. The van der Waals surface area contributed by atoms with Gasteiger partial charge in [0.2, 0.25) is 0 Å². The summed E-state index contributed by atoms with van der Waals surface area (Å²) in [5.74, 6) is 1.17. The summed E-state index contributed by atoms with van der Waals surface area (Å²) in [6.07, 6.45) is 2.26. The van der Waals surface area contributed by atoms with Gasteiger partial charge in [-0.1, -0.05) is 57.0 Å². The van der Waals surface area contributed by atoms with E-state index in [2.05, 4.69) is 28.8 Å². The predicted octanol–water partition coefficient (Wildman–Crippen LogP) is 5.40. The molecule has 0 fully saturated rings. The van der Waals surface area contributed by atoms with Crippen molar-refractivity contribution in [1.82, 2.24) is 15.0 Å². The van der Waals surface area contributed by atoms with Crippen LogP contribution in [0.5, 0.6) is 23.0 Å². The van der Waals surface area contributed by atoms with Crippen molar-refractivity contribution in [2.45, 2.75) is 51.7 Å². The summed E-state index contributed by atoms with van der Waals surface area (Å²) in [4.78, 5) is 13.8. The van der Waals surface area contributed by atoms with Gasteiger partial charge in [0, 0.05) is 30.9 Å². The first kappa shape index (κ1) is 34.6. The standard InChI is InChI=1S/C35H43N3O8/c1-3-5-16-43-20-25(39)22-45-27-12-14-29(31(41)18-27)34-36-33(24-10-8-7-9-11-24)37-35(38-34)30-15-13-28(19-32(30)42)46-23-26(40)21-44-17-6-4-2/h7-15,18-19,25-26,39-42H,3-6,16-17,20-23H2,1-2H3. The monoisotopic (exact) mass is 633 g/mol. The van der Waals surface area contributed by atoms with Crippen molar-refractivity contribution in [3.05, 3.63) is 66.7 Å². The summed E-state index contributed by atoms with van der Waals surface area (Å²) in [6.45, 7) is 5.63. The van der Waals surface area contributed by atoms with Gasteiger partial charge in [-0.25, -0.2) is 15.0 Å². The molecule has 4 rings (SSSR count). The second kappa shape index (κ2) is 18.0. The van der Waals surface area contributed by atoms with Gasteiger partial charge in [0.15, 0.2) is 17.5 Å². The number of phenolic OH excluding ortho intramolecular Hbond substituents is 2. The van der Waals surface area contributed by atoms with Crippen LogP contribution in [0.2, 0.25) is 0 Å². The average molecular weight is 634 g/mol. The van der Waals surface area contributed by atoms with E-state index in [9.17, 15) is 20.4 Å². The normalized spacial score (nSPS) is 12.5. The van der Waals surface area contributed by atoms with E-state index < -0.39 is 12.2 Å². The van der Waals surface area contributed by atoms with Crippen molar-refractivity contribution in [2.75, 3.05) is 39.6 Å². The molecule has 3 aromatic carbocycles. The Labute approximate surface area is 269 Å². The van der Waals surface area contributed by atoms with Crippen LogP contribution in [0.25, 0.3) is 34.2 Å². The average Bonchev–Trinajstić information content (AvgIpc) is 3.07. The Hall–Kier alpha value is -4.29. The Morgan fingerprint density at radius 2 is 1.04 bits per heavy atom. The van der Waals surface area contributed by atoms with Gasteiger partial charge in [-0.15, -0.1) is 0 Å². The molecule has 4 N–H and O–H groups in total. The SMILES string of the molecule is CCCCOCC(O)COc1ccc(-c2nc(-c3ccccc3)nc(-c3ccc(OCC(O)COCCCC)cc3O)n2)c(O)c1. The zero-order chi connectivity index (χ0) is 32.7. The van der Waals surface area contributed by atoms with E-state index in [4.69, 9.17) is 18.9 Å². The minimum atomic E-state index is -0.808. The third-order valence-corrected chi connectivity index (χ3v) is 6.88. The van der Waals surface area contributed by atoms with E-state index in [-0.39, 0.29) is 49.6 Å². The zero-order valence-corrected chi connectivity index (χ0v) is 26.3. The first-order chi connectivity index (χ1) is 22.4. The van der Waals surface area contributed by atoms with Gasteiger partial charge in [-0.2, -0.15) is 0 Å². The number of unbranched alkanes of at least 4 members (excludes halogenated alkanes) is 2. The molecular formula is C35H43N3O8. The number of aromatic nitrogens is 3. The van der Waals surface area contributed by atoms with Crippen molar-refractivity contribution in [3.8, 4) is 57.2 Å². The number of aromatic hydroxyl groups is 2. The number of phenols is 2. The van der Waals surface area contributed by atoms with Crippen molar-refractivity contribution >= 4 is 0 Å².